The summed E-state index contributed by atoms with van der Waals surface area (Å²) in [6.07, 6.45) is 2.94. The fourth-order valence-electron chi connectivity index (χ4n) is 3.38. The Labute approximate surface area is 183 Å². The third-order valence-corrected chi connectivity index (χ3v) is 6.17. The summed E-state index contributed by atoms with van der Waals surface area (Å²) in [6, 6.07) is 20.0. The van der Waals surface area contributed by atoms with Crippen LogP contribution in [0.1, 0.15) is 21.9 Å². The minimum Gasteiger partial charge on any atom is -0.467 e. The standard InChI is InChI=1S/C23H16N2O6S/c26-23(20-7-4-14-30-20)31-17-11-9-16(10-12-17)25(15-18-5-3-13-29-18)22-19-6-1-2-8-21(19)32(27,28)24-22/h1-14H,15H2. The van der Waals surface area contributed by atoms with Gasteiger partial charge in [-0.15, -0.1) is 4.40 Å². The Morgan fingerprint density at radius 1 is 0.906 bits per heavy atom. The Balaban J connectivity index is 1.49. The van der Waals surface area contributed by atoms with Crippen LogP contribution in [0.3, 0.4) is 0 Å². The molecular weight excluding hydrogens is 432 g/mol. The highest BCUT2D eigenvalue weighted by atomic mass is 32.2. The van der Waals surface area contributed by atoms with Crippen molar-refractivity contribution in [1.29, 1.82) is 0 Å². The minimum atomic E-state index is -3.80. The molecule has 4 aromatic rings. The van der Waals surface area contributed by atoms with E-state index in [1.54, 1.807) is 71.8 Å². The molecule has 1 aliphatic rings. The number of fused-ring (bicyclic) bond motifs is 1. The molecule has 32 heavy (non-hydrogen) atoms. The van der Waals surface area contributed by atoms with Gasteiger partial charge in [0, 0.05) is 11.3 Å². The minimum absolute atomic E-state index is 0.0932. The molecule has 0 aliphatic carbocycles. The number of hydrogen-bond acceptors (Lipinski definition) is 7. The first-order valence-corrected chi connectivity index (χ1v) is 11.1. The van der Waals surface area contributed by atoms with Gasteiger partial charge in [0.25, 0.3) is 10.0 Å². The fraction of sp³-hybridized carbons (Fsp3) is 0.0435. The van der Waals surface area contributed by atoms with Crippen LogP contribution in [0, 0.1) is 0 Å². The van der Waals surface area contributed by atoms with Crippen LogP contribution >= 0.6 is 0 Å². The topological polar surface area (TPSA) is 102 Å². The number of anilines is 1. The lowest BCUT2D eigenvalue weighted by Gasteiger charge is -2.24. The zero-order chi connectivity index (χ0) is 22.1. The predicted molar refractivity (Wildman–Crippen MR) is 115 cm³/mol. The maximum atomic E-state index is 12.6. The van der Waals surface area contributed by atoms with Crippen molar-refractivity contribution in [2.24, 2.45) is 4.40 Å². The molecule has 1 aliphatic heterocycles. The smallest absolute Gasteiger partial charge is 0.379 e. The summed E-state index contributed by atoms with van der Waals surface area (Å²) in [7, 11) is -3.80. The third kappa shape index (κ3) is 3.69. The molecule has 0 atom stereocenters. The van der Waals surface area contributed by atoms with Crippen LogP contribution in [0.5, 0.6) is 5.75 Å². The van der Waals surface area contributed by atoms with Gasteiger partial charge in [-0.1, -0.05) is 12.1 Å². The Kier molecular flexibility index (Phi) is 4.87. The van der Waals surface area contributed by atoms with Crippen molar-refractivity contribution < 1.29 is 26.8 Å². The lowest BCUT2D eigenvalue weighted by molar-refractivity contribution is 0.0701. The molecule has 0 fully saturated rings. The van der Waals surface area contributed by atoms with Crippen LogP contribution in [0.4, 0.5) is 5.69 Å². The molecule has 9 heteroatoms. The number of carbonyl (C=O) groups is 1. The largest absolute Gasteiger partial charge is 0.467 e. The van der Waals surface area contributed by atoms with Crippen molar-refractivity contribution in [1.82, 2.24) is 0 Å². The van der Waals surface area contributed by atoms with Crippen molar-refractivity contribution >= 4 is 27.5 Å². The average Bonchev–Trinajstić information content (AvgIpc) is 3.55. The molecule has 2 aromatic carbocycles. The van der Waals surface area contributed by atoms with Gasteiger partial charge in [0.1, 0.15) is 16.4 Å². The second-order valence-electron chi connectivity index (χ2n) is 6.91. The van der Waals surface area contributed by atoms with Gasteiger partial charge in [0.15, 0.2) is 5.84 Å². The van der Waals surface area contributed by atoms with Crippen molar-refractivity contribution in [3.05, 3.63) is 102 Å². The van der Waals surface area contributed by atoms with Crippen LogP contribution in [0.2, 0.25) is 0 Å². The summed E-state index contributed by atoms with van der Waals surface area (Å²) >= 11 is 0. The van der Waals surface area contributed by atoms with Crippen LogP contribution < -0.4 is 9.64 Å². The fourth-order valence-corrected chi connectivity index (χ4v) is 4.59. The number of carbonyl (C=O) groups excluding carboxylic acids is 1. The molecule has 0 amide bonds. The van der Waals surface area contributed by atoms with Gasteiger partial charge in [-0.2, -0.15) is 8.42 Å². The highest BCUT2D eigenvalue weighted by Gasteiger charge is 2.32. The highest BCUT2D eigenvalue weighted by molar-refractivity contribution is 7.90. The van der Waals surface area contributed by atoms with Crippen molar-refractivity contribution in [2.45, 2.75) is 11.4 Å². The number of rotatable bonds is 5. The van der Waals surface area contributed by atoms with E-state index in [1.165, 1.54) is 18.4 Å². The van der Waals surface area contributed by atoms with Gasteiger partial charge in [-0.05, 0) is 60.7 Å². The maximum absolute atomic E-state index is 12.6. The lowest BCUT2D eigenvalue weighted by Crippen LogP contribution is -2.30. The molecule has 0 saturated heterocycles. The average molecular weight is 448 g/mol. The van der Waals surface area contributed by atoms with E-state index >= 15 is 0 Å². The number of furan rings is 2. The Morgan fingerprint density at radius 3 is 2.38 bits per heavy atom. The van der Waals surface area contributed by atoms with Gasteiger partial charge in [-0.3, -0.25) is 0 Å². The summed E-state index contributed by atoms with van der Waals surface area (Å²) in [6.45, 7) is 0.251. The number of hydrogen-bond donors (Lipinski definition) is 0. The summed E-state index contributed by atoms with van der Waals surface area (Å²) in [4.78, 5) is 14.0. The predicted octanol–water partition coefficient (Wildman–Crippen LogP) is 4.25. The van der Waals surface area contributed by atoms with E-state index in [9.17, 15) is 13.2 Å². The van der Waals surface area contributed by atoms with E-state index in [1.807, 2.05) is 0 Å². The number of amidine groups is 1. The zero-order valence-corrected chi connectivity index (χ0v) is 17.4. The van der Waals surface area contributed by atoms with Gasteiger partial charge >= 0.3 is 5.97 Å². The van der Waals surface area contributed by atoms with Crippen molar-refractivity contribution in [3.8, 4) is 5.75 Å². The molecule has 5 rings (SSSR count). The second-order valence-corrected chi connectivity index (χ2v) is 8.48. The molecule has 0 spiro atoms. The summed E-state index contributed by atoms with van der Waals surface area (Å²) in [5.74, 6) is 0.709. The summed E-state index contributed by atoms with van der Waals surface area (Å²) in [5, 5.41) is 0. The SMILES string of the molecule is O=C(Oc1ccc(N(Cc2ccco2)C2=NS(=O)(=O)c3ccccc32)cc1)c1ccco1. The number of sulfonamides is 1. The zero-order valence-electron chi connectivity index (χ0n) is 16.5. The Bertz CT molecular complexity index is 1390. The quantitative estimate of drug-likeness (QED) is 0.332. The first-order chi connectivity index (χ1) is 15.5. The molecule has 160 valence electrons. The normalized spacial score (nSPS) is 13.9. The molecule has 0 N–H and O–H groups in total. The van der Waals surface area contributed by atoms with Gasteiger partial charge in [0.2, 0.25) is 5.76 Å². The van der Waals surface area contributed by atoms with Gasteiger partial charge < -0.3 is 18.5 Å². The molecule has 0 saturated carbocycles. The molecule has 0 radical (unpaired) electrons. The highest BCUT2D eigenvalue weighted by Crippen LogP contribution is 2.31. The van der Waals surface area contributed by atoms with Gasteiger partial charge in [0.05, 0.1) is 19.1 Å². The Hall–Kier alpha value is -4.11. The maximum Gasteiger partial charge on any atom is 0.379 e. The summed E-state index contributed by atoms with van der Waals surface area (Å²) in [5.41, 5.74) is 1.15. The lowest BCUT2D eigenvalue weighted by atomic mass is 10.1. The van der Waals surface area contributed by atoms with E-state index in [0.717, 1.165) is 0 Å². The monoisotopic (exact) mass is 448 g/mol. The molecule has 0 bridgehead atoms. The summed E-state index contributed by atoms with van der Waals surface area (Å²) < 4.78 is 45.0. The molecule has 3 heterocycles. The first-order valence-electron chi connectivity index (χ1n) is 9.61. The first kappa shape index (κ1) is 19.8. The van der Waals surface area contributed by atoms with Crippen LogP contribution in [0.15, 0.2) is 103 Å². The Morgan fingerprint density at radius 2 is 1.66 bits per heavy atom. The van der Waals surface area contributed by atoms with E-state index in [2.05, 4.69) is 4.40 Å². The molecule has 2 aromatic heterocycles. The van der Waals surface area contributed by atoms with Crippen LogP contribution in [0.25, 0.3) is 0 Å². The molecule has 8 nitrogen and oxygen atoms in total. The molecule has 0 unspecified atom stereocenters. The number of ether oxygens (including phenoxy) is 1. The molecular formula is C23H16N2O6S. The number of nitrogens with zero attached hydrogens (tertiary/aromatic N) is 2. The van der Waals surface area contributed by atoms with Crippen LogP contribution in [-0.4, -0.2) is 20.2 Å². The second kappa shape index (κ2) is 7.86. The van der Waals surface area contributed by atoms with E-state index in [4.69, 9.17) is 13.6 Å². The van der Waals surface area contributed by atoms with Gasteiger partial charge in [-0.25, -0.2) is 4.79 Å². The van der Waals surface area contributed by atoms with E-state index < -0.39 is 16.0 Å². The number of benzene rings is 2. The van der Waals surface area contributed by atoms with E-state index in [-0.39, 0.29) is 23.0 Å². The third-order valence-electron chi connectivity index (χ3n) is 4.84. The van der Waals surface area contributed by atoms with Crippen molar-refractivity contribution in [3.63, 3.8) is 0 Å². The van der Waals surface area contributed by atoms with Crippen molar-refractivity contribution in [2.75, 3.05) is 4.90 Å². The van der Waals surface area contributed by atoms with E-state index in [0.29, 0.717) is 22.8 Å². The number of esters is 1. The van der Waals surface area contributed by atoms with Crippen LogP contribution in [-0.2, 0) is 16.6 Å².